The number of hydrogen-bond donors (Lipinski definition) is 0. The van der Waals surface area contributed by atoms with Crippen molar-refractivity contribution in [1.82, 2.24) is 0 Å². The highest BCUT2D eigenvalue weighted by Gasteiger charge is 2.34. The van der Waals surface area contributed by atoms with Crippen molar-refractivity contribution in [3.63, 3.8) is 0 Å². The van der Waals surface area contributed by atoms with Gasteiger partial charge in [0.25, 0.3) is 5.69 Å². The van der Waals surface area contributed by atoms with Crippen LogP contribution in [-0.2, 0) is 6.42 Å². The number of hydrogen-bond acceptors (Lipinski definition) is 4. The van der Waals surface area contributed by atoms with Crippen LogP contribution in [0.2, 0.25) is 0 Å². The fraction of sp³-hybridized carbons (Fsp3) is 0.467. The molecule has 0 aliphatic heterocycles. The Morgan fingerprint density at radius 2 is 2.15 bits per heavy atom. The maximum absolute atomic E-state index is 11.3. The van der Waals surface area contributed by atoms with Crippen LogP contribution >= 0.6 is 0 Å². The first-order valence-corrected chi connectivity index (χ1v) is 6.86. The molecule has 0 saturated heterocycles. The maximum atomic E-state index is 11.3. The van der Waals surface area contributed by atoms with E-state index in [1.165, 1.54) is 6.07 Å². The summed E-state index contributed by atoms with van der Waals surface area (Å²) in [6.07, 6.45) is 3.35. The Hall–Kier alpha value is -2.04. The minimum Gasteiger partial charge on any atom is -0.490 e. The lowest BCUT2D eigenvalue weighted by Gasteiger charge is -2.16. The molecule has 5 heteroatoms. The van der Waals surface area contributed by atoms with Crippen molar-refractivity contribution in [2.24, 2.45) is 0 Å². The zero-order valence-corrected chi connectivity index (χ0v) is 11.8. The van der Waals surface area contributed by atoms with Gasteiger partial charge in [0.05, 0.1) is 24.2 Å². The van der Waals surface area contributed by atoms with E-state index in [0.717, 1.165) is 24.0 Å². The van der Waals surface area contributed by atoms with Crippen LogP contribution in [-0.4, -0.2) is 18.1 Å². The number of allylic oxidation sites excluding steroid dienone is 1. The summed E-state index contributed by atoms with van der Waals surface area (Å²) in [5, 5.41) is 11.3. The summed E-state index contributed by atoms with van der Waals surface area (Å²) < 4.78 is 11.2. The molecular weight excluding hydrogens is 258 g/mol. The highest BCUT2D eigenvalue weighted by Crippen LogP contribution is 2.48. The van der Waals surface area contributed by atoms with Gasteiger partial charge in [0, 0.05) is 17.0 Å². The van der Waals surface area contributed by atoms with Gasteiger partial charge in [-0.1, -0.05) is 6.08 Å². The van der Waals surface area contributed by atoms with Gasteiger partial charge in [0.2, 0.25) is 0 Å². The fourth-order valence-electron chi connectivity index (χ4n) is 2.75. The van der Waals surface area contributed by atoms with Crippen LogP contribution in [0.4, 0.5) is 5.69 Å². The molecule has 1 unspecified atom stereocenters. The smallest absolute Gasteiger partial charge is 0.277 e. The quantitative estimate of drug-likeness (QED) is 0.452. The molecule has 1 aliphatic carbocycles. The topological polar surface area (TPSA) is 61.6 Å². The van der Waals surface area contributed by atoms with E-state index in [9.17, 15) is 10.1 Å². The number of benzene rings is 1. The summed E-state index contributed by atoms with van der Waals surface area (Å²) >= 11 is 0. The molecule has 1 aliphatic rings. The van der Waals surface area contributed by atoms with E-state index in [4.69, 9.17) is 9.47 Å². The summed E-state index contributed by atoms with van der Waals surface area (Å²) in [7, 11) is 0. The third-order valence-corrected chi connectivity index (χ3v) is 3.51. The molecule has 5 nitrogen and oxygen atoms in total. The van der Waals surface area contributed by atoms with E-state index in [1.54, 1.807) is 6.08 Å². The van der Waals surface area contributed by atoms with Crippen molar-refractivity contribution in [2.45, 2.75) is 32.6 Å². The third-order valence-electron chi connectivity index (χ3n) is 3.51. The van der Waals surface area contributed by atoms with E-state index >= 15 is 0 Å². The molecule has 1 aromatic rings. The van der Waals surface area contributed by atoms with Crippen LogP contribution < -0.4 is 9.47 Å². The lowest BCUT2D eigenvalue weighted by atomic mass is 9.98. The first-order chi connectivity index (χ1) is 9.63. The monoisotopic (exact) mass is 277 g/mol. The molecule has 0 bridgehead atoms. The second kappa shape index (κ2) is 5.94. The van der Waals surface area contributed by atoms with Crippen molar-refractivity contribution < 1.29 is 14.4 Å². The highest BCUT2D eigenvalue weighted by atomic mass is 16.6. The van der Waals surface area contributed by atoms with E-state index in [1.807, 2.05) is 13.8 Å². The zero-order chi connectivity index (χ0) is 14.7. The number of nitrogens with zero attached hydrogens (tertiary/aromatic N) is 1. The van der Waals surface area contributed by atoms with Crippen LogP contribution in [0.5, 0.6) is 11.5 Å². The first kappa shape index (κ1) is 14.4. The second-order valence-corrected chi connectivity index (χ2v) is 4.62. The molecule has 1 aromatic carbocycles. The molecule has 0 heterocycles. The van der Waals surface area contributed by atoms with Crippen LogP contribution in [0, 0.1) is 10.1 Å². The van der Waals surface area contributed by atoms with Crippen LogP contribution in [0.15, 0.2) is 18.7 Å². The Morgan fingerprint density at radius 1 is 1.45 bits per heavy atom. The van der Waals surface area contributed by atoms with E-state index < -0.39 is 0 Å². The lowest BCUT2D eigenvalue weighted by Crippen LogP contribution is -2.05. The molecule has 108 valence electrons. The summed E-state index contributed by atoms with van der Waals surface area (Å²) in [4.78, 5) is 11.0. The van der Waals surface area contributed by atoms with Crippen molar-refractivity contribution in [3.8, 4) is 11.5 Å². The average molecular weight is 277 g/mol. The second-order valence-electron chi connectivity index (χ2n) is 4.62. The van der Waals surface area contributed by atoms with Crippen LogP contribution in [0.1, 0.15) is 37.3 Å². The Bertz CT molecular complexity index is 539. The van der Waals surface area contributed by atoms with Crippen molar-refractivity contribution in [1.29, 1.82) is 0 Å². The molecule has 2 rings (SSSR count). The third kappa shape index (κ3) is 2.35. The van der Waals surface area contributed by atoms with E-state index in [-0.39, 0.29) is 16.5 Å². The summed E-state index contributed by atoms with van der Waals surface area (Å²) in [6, 6.07) is 1.48. The minimum absolute atomic E-state index is 0.0142. The largest absolute Gasteiger partial charge is 0.490 e. The van der Waals surface area contributed by atoms with Gasteiger partial charge in [-0.2, -0.15) is 0 Å². The van der Waals surface area contributed by atoms with E-state index in [0.29, 0.717) is 24.7 Å². The standard InChI is InChI=1S/C15H19NO4/c1-4-10-7-8-11-14(10)12(16(17)18)9-13(19-5-2)15(11)20-6-3/h4,9-10H,1,5-8H2,2-3H3. The SMILES string of the molecule is C=CC1CCc2c(OCC)c(OCC)cc([N+](=O)[O-])c21. The Labute approximate surface area is 118 Å². The fourth-order valence-corrected chi connectivity index (χ4v) is 2.75. The van der Waals surface area contributed by atoms with Gasteiger partial charge in [0.1, 0.15) is 0 Å². The van der Waals surface area contributed by atoms with Gasteiger partial charge in [-0.15, -0.1) is 6.58 Å². The van der Waals surface area contributed by atoms with Crippen LogP contribution in [0.3, 0.4) is 0 Å². The summed E-state index contributed by atoms with van der Waals surface area (Å²) in [6.45, 7) is 8.47. The van der Waals surface area contributed by atoms with E-state index in [2.05, 4.69) is 6.58 Å². The molecule has 0 spiro atoms. The minimum atomic E-state index is -0.348. The Kier molecular flexibility index (Phi) is 4.27. The predicted octanol–water partition coefficient (Wildman–Crippen LogP) is 3.61. The molecule has 0 N–H and O–H groups in total. The molecule has 0 amide bonds. The molecule has 20 heavy (non-hydrogen) atoms. The van der Waals surface area contributed by atoms with Crippen molar-refractivity contribution >= 4 is 5.69 Å². The van der Waals surface area contributed by atoms with Crippen molar-refractivity contribution in [2.75, 3.05) is 13.2 Å². The Balaban J connectivity index is 2.66. The van der Waals surface area contributed by atoms with Gasteiger partial charge in [-0.3, -0.25) is 10.1 Å². The van der Waals surface area contributed by atoms with Crippen LogP contribution in [0.25, 0.3) is 0 Å². The summed E-state index contributed by atoms with van der Waals surface area (Å²) in [5.74, 6) is 1.13. The number of nitro benzene ring substituents is 1. The molecule has 0 saturated carbocycles. The number of fused-ring (bicyclic) bond motifs is 1. The first-order valence-electron chi connectivity index (χ1n) is 6.86. The average Bonchev–Trinajstić information content (AvgIpc) is 2.85. The number of ether oxygens (including phenoxy) is 2. The van der Waals surface area contributed by atoms with Gasteiger partial charge < -0.3 is 9.47 Å². The Morgan fingerprint density at radius 3 is 2.70 bits per heavy atom. The predicted molar refractivity (Wildman–Crippen MR) is 76.7 cm³/mol. The van der Waals surface area contributed by atoms with Gasteiger partial charge in [-0.05, 0) is 26.7 Å². The van der Waals surface area contributed by atoms with Gasteiger partial charge >= 0.3 is 0 Å². The molecule has 0 aromatic heterocycles. The van der Waals surface area contributed by atoms with Crippen molar-refractivity contribution in [3.05, 3.63) is 40.0 Å². The maximum Gasteiger partial charge on any atom is 0.277 e. The highest BCUT2D eigenvalue weighted by molar-refractivity contribution is 5.64. The number of rotatable bonds is 6. The molecule has 1 atom stereocenters. The normalized spacial score (nSPS) is 16.6. The van der Waals surface area contributed by atoms with Gasteiger partial charge in [-0.25, -0.2) is 0 Å². The molecule has 0 radical (unpaired) electrons. The number of nitro groups is 1. The molecule has 0 fully saturated rings. The summed E-state index contributed by atoms with van der Waals surface area (Å²) in [5.41, 5.74) is 1.74. The lowest BCUT2D eigenvalue weighted by molar-refractivity contribution is -0.385. The van der Waals surface area contributed by atoms with Gasteiger partial charge in [0.15, 0.2) is 11.5 Å². The zero-order valence-electron chi connectivity index (χ0n) is 11.8. The molecular formula is C15H19NO4.